The van der Waals surface area contributed by atoms with E-state index < -0.39 is 0 Å². The zero-order valence-electron chi connectivity index (χ0n) is 8.12. The molecule has 3 heteroatoms. The third kappa shape index (κ3) is 1.61. The van der Waals surface area contributed by atoms with Crippen LogP contribution in [-0.4, -0.2) is 13.7 Å². The Kier molecular flexibility index (Phi) is 2.70. The molecule has 1 heterocycles. The molecule has 0 saturated carbocycles. The molecule has 2 N–H and O–H groups in total. The lowest BCUT2D eigenvalue weighted by molar-refractivity contribution is 0.410. The lowest BCUT2D eigenvalue weighted by Crippen LogP contribution is -2.04. The van der Waals surface area contributed by atoms with Crippen LogP contribution in [0.25, 0.3) is 10.1 Å². The fourth-order valence-electron chi connectivity index (χ4n) is 1.58. The smallest absolute Gasteiger partial charge is 0.123 e. The van der Waals surface area contributed by atoms with E-state index in [1.807, 2.05) is 0 Å². The number of hydrogen-bond acceptors (Lipinski definition) is 3. The lowest BCUT2D eigenvalue weighted by Gasteiger charge is -2.07. The highest BCUT2D eigenvalue weighted by Crippen LogP contribution is 2.29. The summed E-state index contributed by atoms with van der Waals surface area (Å²) < 4.78 is 6.59. The number of ether oxygens (including phenoxy) is 1. The number of thiophene rings is 1. The van der Waals surface area contributed by atoms with Crippen molar-refractivity contribution in [1.29, 1.82) is 0 Å². The van der Waals surface area contributed by atoms with Gasteiger partial charge < -0.3 is 10.5 Å². The molecule has 0 aliphatic carbocycles. The van der Waals surface area contributed by atoms with Crippen LogP contribution in [0.3, 0.4) is 0 Å². The summed E-state index contributed by atoms with van der Waals surface area (Å²) in [7, 11) is 1.70. The molecule has 1 aromatic heterocycles. The SMILES string of the molecule is COc1cc2sccc2cc1CCN. The maximum atomic E-state index is 5.55. The summed E-state index contributed by atoms with van der Waals surface area (Å²) >= 11 is 1.73. The fraction of sp³-hybridized carbons (Fsp3) is 0.273. The molecule has 0 bridgehead atoms. The predicted octanol–water partition coefficient (Wildman–Crippen LogP) is 2.41. The molecule has 2 nitrogen and oxygen atoms in total. The van der Waals surface area contributed by atoms with Gasteiger partial charge in [-0.25, -0.2) is 0 Å². The Morgan fingerprint density at radius 1 is 1.43 bits per heavy atom. The summed E-state index contributed by atoms with van der Waals surface area (Å²) in [4.78, 5) is 0. The first-order valence-corrected chi connectivity index (χ1v) is 5.47. The van der Waals surface area contributed by atoms with Gasteiger partial charge in [-0.3, -0.25) is 0 Å². The van der Waals surface area contributed by atoms with Gasteiger partial charge in [-0.2, -0.15) is 0 Å². The van der Waals surface area contributed by atoms with Crippen LogP contribution >= 0.6 is 11.3 Å². The zero-order valence-corrected chi connectivity index (χ0v) is 8.93. The van der Waals surface area contributed by atoms with Crippen LogP contribution < -0.4 is 10.5 Å². The maximum absolute atomic E-state index is 5.55. The first kappa shape index (κ1) is 9.49. The van der Waals surface area contributed by atoms with Gasteiger partial charge in [0.15, 0.2) is 0 Å². The van der Waals surface area contributed by atoms with Crippen molar-refractivity contribution in [2.24, 2.45) is 5.73 Å². The molecule has 0 fully saturated rings. The van der Waals surface area contributed by atoms with E-state index in [2.05, 4.69) is 23.6 Å². The molecular weight excluding hydrogens is 194 g/mol. The standard InChI is InChI=1S/C11H13NOS/c1-13-10-7-11-9(3-5-14-11)6-8(10)2-4-12/h3,5-7H,2,4,12H2,1H3. The number of methoxy groups -OCH3 is 1. The summed E-state index contributed by atoms with van der Waals surface area (Å²) in [6, 6.07) is 6.38. The molecule has 0 aliphatic heterocycles. The summed E-state index contributed by atoms with van der Waals surface area (Å²) in [6.07, 6.45) is 0.870. The van der Waals surface area contributed by atoms with Crippen molar-refractivity contribution in [3.63, 3.8) is 0 Å². The van der Waals surface area contributed by atoms with Gasteiger partial charge in [0.1, 0.15) is 5.75 Å². The van der Waals surface area contributed by atoms with E-state index in [1.165, 1.54) is 15.6 Å². The Morgan fingerprint density at radius 3 is 3.00 bits per heavy atom. The van der Waals surface area contributed by atoms with Gasteiger partial charge in [0.05, 0.1) is 7.11 Å². The molecule has 0 radical (unpaired) electrons. The number of fused-ring (bicyclic) bond motifs is 1. The minimum Gasteiger partial charge on any atom is -0.496 e. The second-order valence-electron chi connectivity index (χ2n) is 3.16. The second-order valence-corrected chi connectivity index (χ2v) is 4.11. The normalized spacial score (nSPS) is 10.7. The van der Waals surface area contributed by atoms with Crippen molar-refractivity contribution in [3.05, 3.63) is 29.1 Å². The van der Waals surface area contributed by atoms with Gasteiger partial charge in [-0.1, -0.05) is 0 Å². The molecule has 0 saturated heterocycles. The Morgan fingerprint density at radius 2 is 2.29 bits per heavy atom. The predicted molar refractivity (Wildman–Crippen MR) is 61.1 cm³/mol. The van der Waals surface area contributed by atoms with Crippen LogP contribution in [0, 0.1) is 0 Å². The van der Waals surface area contributed by atoms with E-state index in [0.717, 1.165) is 12.2 Å². The maximum Gasteiger partial charge on any atom is 0.123 e. The van der Waals surface area contributed by atoms with Gasteiger partial charge in [-0.15, -0.1) is 11.3 Å². The van der Waals surface area contributed by atoms with Gasteiger partial charge >= 0.3 is 0 Å². The molecule has 0 unspecified atom stereocenters. The van der Waals surface area contributed by atoms with Crippen molar-refractivity contribution < 1.29 is 4.74 Å². The molecule has 74 valence electrons. The van der Waals surface area contributed by atoms with Crippen LogP contribution in [-0.2, 0) is 6.42 Å². The largest absolute Gasteiger partial charge is 0.496 e. The van der Waals surface area contributed by atoms with Crippen molar-refractivity contribution >= 4 is 21.4 Å². The van der Waals surface area contributed by atoms with E-state index in [-0.39, 0.29) is 0 Å². The molecule has 0 spiro atoms. The fourth-order valence-corrected chi connectivity index (χ4v) is 2.38. The van der Waals surface area contributed by atoms with Crippen LogP contribution in [0.15, 0.2) is 23.6 Å². The number of nitrogens with two attached hydrogens (primary N) is 1. The molecule has 2 aromatic rings. The van der Waals surface area contributed by atoms with Crippen LogP contribution in [0.5, 0.6) is 5.75 Å². The van der Waals surface area contributed by atoms with Crippen molar-refractivity contribution in [2.75, 3.05) is 13.7 Å². The second kappa shape index (κ2) is 3.98. The van der Waals surface area contributed by atoms with E-state index in [4.69, 9.17) is 10.5 Å². The van der Waals surface area contributed by atoms with E-state index >= 15 is 0 Å². The van der Waals surface area contributed by atoms with Crippen molar-refractivity contribution in [3.8, 4) is 5.75 Å². The van der Waals surface area contributed by atoms with E-state index in [0.29, 0.717) is 6.54 Å². The van der Waals surface area contributed by atoms with Crippen LogP contribution in [0.2, 0.25) is 0 Å². The first-order valence-electron chi connectivity index (χ1n) is 4.59. The lowest BCUT2D eigenvalue weighted by atomic mass is 10.1. The average molecular weight is 207 g/mol. The Bertz CT molecular complexity index is 436. The average Bonchev–Trinajstić information content (AvgIpc) is 2.64. The zero-order chi connectivity index (χ0) is 9.97. The van der Waals surface area contributed by atoms with E-state index in [9.17, 15) is 0 Å². The van der Waals surface area contributed by atoms with Gasteiger partial charge in [0.25, 0.3) is 0 Å². The highest BCUT2D eigenvalue weighted by Gasteiger charge is 2.05. The number of hydrogen-bond donors (Lipinski definition) is 1. The minimum absolute atomic E-state index is 0.659. The van der Waals surface area contributed by atoms with Gasteiger partial charge in [-0.05, 0) is 47.5 Å². The van der Waals surface area contributed by atoms with Crippen molar-refractivity contribution in [2.45, 2.75) is 6.42 Å². The molecule has 1 aromatic carbocycles. The molecule has 14 heavy (non-hydrogen) atoms. The van der Waals surface area contributed by atoms with Crippen LogP contribution in [0.4, 0.5) is 0 Å². The summed E-state index contributed by atoms with van der Waals surface area (Å²) in [5.74, 6) is 0.949. The quantitative estimate of drug-likeness (QED) is 0.838. The minimum atomic E-state index is 0.659. The first-order chi connectivity index (χ1) is 6.85. The molecule has 2 rings (SSSR count). The summed E-state index contributed by atoms with van der Waals surface area (Å²) in [5, 5.41) is 3.37. The summed E-state index contributed by atoms with van der Waals surface area (Å²) in [6.45, 7) is 0.659. The molecular formula is C11H13NOS. The van der Waals surface area contributed by atoms with Gasteiger partial charge in [0, 0.05) is 4.70 Å². The van der Waals surface area contributed by atoms with Gasteiger partial charge in [0.2, 0.25) is 0 Å². The number of rotatable bonds is 3. The Labute approximate surface area is 87.3 Å². The highest BCUT2D eigenvalue weighted by atomic mass is 32.1. The monoisotopic (exact) mass is 207 g/mol. The summed E-state index contributed by atoms with van der Waals surface area (Å²) in [5.41, 5.74) is 6.75. The highest BCUT2D eigenvalue weighted by molar-refractivity contribution is 7.17. The van der Waals surface area contributed by atoms with E-state index in [1.54, 1.807) is 18.4 Å². The topological polar surface area (TPSA) is 35.2 Å². The Balaban J connectivity index is 2.54. The molecule has 0 aliphatic rings. The number of benzene rings is 1. The third-order valence-corrected chi connectivity index (χ3v) is 3.15. The Hall–Kier alpha value is -1.06. The van der Waals surface area contributed by atoms with Crippen molar-refractivity contribution in [1.82, 2.24) is 0 Å². The molecule has 0 amide bonds. The molecule has 0 atom stereocenters. The third-order valence-electron chi connectivity index (χ3n) is 2.27. The van der Waals surface area contributed by atoms with Crippen LogP contribution in [0.1, 0.15) is 5.56 Å².